The number of hydrogen-bond donors (Lipinski definition) is 1. The predicted octanol–water partition coefficient (Wildman–Crippen LogP) is -2.90. The fraction of sp³-hybridized carbons (Fsp3) is 0.500. The van der Waals surface area contributed by atoms with Gasteiger partial charge in [-0.15, -0.1) is 11.3 Å². The Morgan fingerprint density at radius 2 is 2.21 bits per heavy atom. The van der Waals surface area contributed by atoms with Gasteiger partial charge in [0.05, 0.1) is 5.97 Å². The van der Waals surface area contributed by atoms with Gasteiger partial charge in [-0.2, -0.15) is 11.8 Å². The van der Waals surface area contributed by atoms with Gasteiger partial charge in [0.15, 0.2) is 10.8 Å². The monoisotopic (exact) mass is 309 g/mol. The van der Waals surface area contributed by atoms with Crippen LogP contribution >= 0.6 is 23.1 Å². The molecule has 2 N–H and O–H groups in total. The number of carboxylic acids is 1. The number of nitrogens with two attached hydrogens (primary N) is 1. The first-order valence-corrected chi connectivity index (χ1v) is 7.44. The number of thioether (sulfide) groups is 1. The number of aliphatic carboxylic acids is 1. The number of carboxylic acid groups (broad SMARTS) is 1. The van der Waals surface area contributed by atoms with Gasteiger partial charge in [-0.3, -0.25) is 0 Å². The maximum atomic E-state index is 11.0. The zero-order valence-corrected chi connectivity index (χ0v) is 14.1. The average molecular weight is 309 g/mol. The van der Waals surface area contributed by atoms with Gasteiger partial charge in [0, 0.05) is 5.38 Å². The van der Waals surface area contributed by atoms with E-state index >= 15 is 0 Å². The topological polar surface area (TPSA) is 101 Å². The zero-order valence-electron chi connectivity index (χ0n) is 10.5. The Morgan fingerprint density at radius 1 is 1.53 bits per heavy atom. The quantitative estimate of drug-likeness (QED) is 0.364. The van der Waals surface area contributed by atoms with Crippen LogP contribution in [-0.4, -0.2) is 34.3 Å². The van der Waals surface area contributed by atoms with Crippen molar-refractivity contribution < 1.29 is 44.3 Å². The van der Waals surface area contributed by atoms with Crippen LogP contribution in [0.25, 0.3) is 0 Å². The maximum Gasteiger partial charge on any atom is 1.00 e. The van der Waals surface area contributed by atoms with Crippen LogP contribution in [0.15, 0.2) is 10.5 Å². The molecule has 2 heterocycles. The SMILES string of the molecule is Nc1nc(C(=NOC2CCSCC2)C(=O)[O-])cs1.[Na+]. The van der Waals surface area contributed by atoms with Crippen molar-refractivity contribution in [1.82, 2.24) is 4.98 Å². The number of thiazole rings is 1. The van der Waals surface area contributed by atoms with Crippen molar-refractivity contribution in [2.75, 3.05) is 17.2 Å². The fourth-order valence-electron chi connectivity index (χ4n) is 1.49. The average Bonchev–Trinajstić information content (AvgIpc) is 2.77. The molecule has 0 atom stereocenters. The molecule has 0 aliphatic carbocycles. The number of nitrogens with zero attached hydrogens (tertiary/aromatic N) is 2. The molecule has 19 heavy (non-hydrogen) atoms. The summed E-state index contributed by atoms with van der Waals surface area (Å²) in [7, 11) is 0. The minimum absolute atomic E-state index is 0. The Morgan fingerprint density at radius 3 is 2.74 bits per heavy atom. The summed E-state index contributed by atoms with van der Waals surface area (Å²) in [6.45, 7) is 0. The van der Waals surface area contributed by atoms with Gasteiger partial charge in [0.1, 0.15) is 11.8 Å². The van der Waals surface area contributed by atoms with E-state index in [9.17, 15) is 9.90 Å². The van der Waals surface area contributed by atoms with Crippen LogP contribution in [0, 0.1) is 0 Å². The van der Waals surface area contributed by atoms with Crippen LogP contribution in [0.2, 0.25) is 0 Å². The smallest absolute Gasteiger partial charge is 0.543 e. The summed E-state index contributed by atoms with van der Waals surface area (Å²) >= 11 is 3.00. The number of oxime groups is 1. The molecule has 0 aromatic carbocycles. The van der Waals surface area contributed by atoms with Crippen molar-refractivity contribution in [2.24, 2.45) is 5.16 Å². The van der Waals surface area contributed by atoms with E-state index in [0.717, 1.165) is 35.7 Å². The molecule has 98 valence electrons. The molecule has 1 aromatic rings. The van der Waals surface area contributed by atoms with Crippen molar-refractivity contribution in [3.63, 3.8) is 0 Å². The summed E-state index contributed by atoms with van der Waals surface area (Å²) in [4.78, 5) is 20.1. The Bertz CT molecular complexity index is 461. The summed E-state index contributed by atoms with van der Waals surface area (Å²) in [5, 5.41) is 16.4. The Labute approximate surface area is 141 Å². The van der Waals surface area contributed by atoms with Crippen LogP contribution in [0.3, 0.4) is 0 Å². The van der Waals surface area contributed by atoms with E-state index in [1.54, 1.807) is 0 Å². The molecule has 0 unspecified atom stereocenters. The molecule has 0 bridgehead atoms. The molecule has 9 heteroatoms. The van der Waals surface area contributed by atoms with E-state index in [0.29, 0.717) is 0 Å². The third kappa shape index (κ3) is 4.96. The summed E-state index contributed by atoms with van der Waals surface area (Å²) in [5.74, 6) is 0.597. The molecule has 0 saturated carbocycles. The third-order valence-corrected chi connectivity index (χ3v) is 4.14. The summed E-state index contributed by atoms with van der Waals surface area (Å²) in [6, 6.07) is 0. The largest absolute Gasteiger partial charge is 1.00 e. The van der Waals surface area contributed by atoms with E-state index in [1.807, 2.05) is 11.8 Å². The molecule has 1 saturated heterocycles. The van der Waals surface area contributed by atoms with E-state index in [2.05, 4.69) is 10.1 Å². The number of carbonyl (C=O) groups excluding carboxylic acids is 1. The molecule has 6 nitrogen and oxygen atoms in total. The Kier molecular flexibility index (Phi) is 7.16. The molecule has 1 aliphatic heterocycles. The number of hydrogen-bond acceptors (Lipinski definition) is 8. The van der Waals surface area contributed by atoms with Crippen molar-refractivity contribution in [2.45, 2.75) is 18.9 Å². The van der Waals surface area contributed by atoms with E-state index in [-0.39, 0.29) is 52.2 Å². The van der Waals surface area contributed by atoms with E-state index in [1.165, 1.54) is 5.38 Å². The van der Waals surface area contributed by atoms with Gasteiger partial charge in [-0.25, -0.2) is 4.98 Å². The number of carbonyl (C=O) groups is 1. The van der Waals surface area contributed by atoms with Crippen molar-refractivity contribution >= 4 is 39.9 Å². The summed E-state index contributed by atoms with van der Waals surface area (Å²) in [6.07, 6.45) is 1.71. The van der Waals surface area contributed by atoms with Crippen LogP contribution in [-0.2, 0) is 9.63 Å². The summed E-state index contributed by atoms with van der Waals surface area (Å²) in [5.41, 5.74) is 5.33. The molecular weight excluding hydrogens is 297 g/mol. The van der Waals surface area contributed by atoms with Crippen molar-refractivity contribution in [3.8, 4) is 0 Å². The normalized spacial score (nSPS) is 16.7. The number of aromatic nitrogens is 1. The Hall–Kier alpha value is -0.280. The second-order valence-electron chi connectivity index (χ2n) is 3.72. The molecule has 0 spiro atoms. The minimum Gasteiger partial charge on any atom is -0.543 e. The number of rotatable bonds is 4. The predicted molar refractivity (Wildman–Crippen MR) is 69.5 cm³/mol. The van der Waals surface area contributed by atoms with Gasteiger partial charge in [0.25, 0.3) is 0 Å². The first kappa shape index (κ1) is 16.8. The molecule has 0 amide bonds. The van der Waals surface area contributed by atoms with Gasteiger partial charge in [-0.05, 0) is 24.3 Å². The van der Waals surface area contributed by atoms with Crippen LogP contribution < -0.4 is 40.4 Å². The number of anilines is 1. The van der Waals surface area contributed by atoms with Crippen molar-refractivity contribution in [1.29, 1.82) is 0 Å². The van der Waals surface area contributed by atoms with Gasteiger partial charge < -0.3 is 20.5 Å². The van der Waals surface area contributed by atoms with Gasteiger partial charge in [0.2, 0.25) is 0 Å². The van der Waals surface area contributed by atoms with E-state index in [4.69, 9.17) is 10.6 Å². The molecule has 1 aliphatic rings. The van der Waals surface area contributed by atoms with Gasteiger partial charge >= 0.3 is 29.6 Å². The fourth-order valence-corrected chi connectivity index (χ4v) is 3.10. The zero-order chi connectivity index (χ0) is 13.0. The Balaban J connectivity index is 0.00000180. The second-order valence-corrected chi connectivity index (χ2v) is 5.83. The maximum absolute atomic E-state index is 11.0. The molecule has 1 aromatic heterocycles. The second kappa shape index (κ2) is 8.11. The molecular formula is C10H12N3NaO3S2. The molecule has 1 fully saturated rings. The first-order valence-electron chi connectivity index (χ1n) is 5.41. The standard InChI is InChI=1S/C10H13N3O3S2.Na/c11-10-12-7(5-18-10)8(9(14)15)13-16-6-1-3-17-4-2-6;/h5-6H,1-4H2,(H2,11,12)(H,14,15);/q;+1/p-1. The molecule has 0 radical (unpaired) electrons. The third-order valence-electron chi connectivity index (χ3n) is 2.42. The van der Waals surface area contributed by atoms with Crippen molar-refractivity contribution in [3.05, 3.63) is 11.1 Å². The van der Waals surface area contributed by atoms with E-state index < -0.39 is 5.97 Å². The molecule has 2 rings (SSSR count). The van der Waals surface area contributed by atoms with Crippen LogP contribution in [0.5, 0.6) is 0 Å². The van der Waals surface area contributed by atoms with Crippen LogP contribution in [0.1, 0.15) is 18.5 Å². The van der Waals surface area contributed by atoms with Gasteiger partial charge in [-0.1, -0.05) is 5.16 Å². The van der Waals surface area contributed by atoms with Crippen LogP contribution in [0.4, 0.5) is 5.13 Å². The number of nitrogen functional groups attached to an aromatic ring is 1. The minimum atomic E-state index is -1.41. The first-order chi connectivity index (χ1) is 8.66. The summed E-state index contributed by atoms with van der Waals surface area (Å²) < 4.78 is 0.